The minimum atomic E-state index is -1.08. The molecule has 32 heavy (non-hydrogen) atoms. The normalized spacial score (nSPS) is 20.6. The van der Waals surface area contributed by atoms with Gasteiger partial charge in [-0.1, -0.05) is 30.3 Å². The van der Waals surface area contributed by atoms with Gasteiger partial charge in [0.2, 0.25) is 11.8 Å². The number of piperazine rings is 1. The zero-order valence-electron chi connectivity index (χ0n) is 18.3. The van der Waals surface area contributed by atoms with Crippen LogP contribution < -0.4 is 15.5 Å². The number of fused-ring (bicyclic) bond motifs is 1. The maximum atomic E-state index is 12.2. The summed E-state index contributed by atoms with van der Waals surface area (Å²) in [6.45, 7) is 5.93. The molecular weight excluding hydrogens is 408 g/mol. The number of amides is 3. The van der Waals surface area contributed by atoms with E-state index in [1.165, 1.54) is 6.92 Å². The number of nitrogens with one attached hydrogen (secondary N) is 2. The van der Waals surface area contributed by atoms with Crippen molar-refractivity contribution >= 4 is 23.6 Å². The zero-order valence-corrected chi connectivity index (χ0v) is 18.3. The molecule has 2 aromatic carbocycles. The van der Waals surface area contributed by atoms with E-state index >= 15 is 0 Å². The molecule has 0 unspecified atom stereocenters. The second kappa shape index (κ2) is 9.00. The van der Waals surface area contributed by atoms with Crippen molar-refractivity contribution in [2.24, 2.45) is 0 Å². The predicted molar refractivity (Wildman–Crippen MR) is 121 cm³/mol. The van der Waals surface area contributed by atoms with Crippen LogP contribution in [0.3, 0.4) is 0 Å². The maximum absolute atomic E-state index is 12.2. The van der Waals surface area contributed by atoms with Crippen molar-refractivity contribution in [3.8, 4) is 11.1 Å². The number of rotatable bonds is 4. The molecule has 1 fully saturated rings. The van der Waals surface area contributed by atoms with Gasteiger partial charge in [-0.25, -0.2) is 4.79 Å². The zero-order chi connectivity index (χ0) is 22.8. The summed E-state index contributed by atoms with van der Waals surface area (Å²) in [5.41, 5.74) is 4.54. The van der Waals surface area contributed by atoms with Crippen LogP contribution in [0.25, 0.3) is 11.1 Å². The summed E-state index contributed by atoms with van der Waals surface area (Å²) in [5.74, 6) is 0.0447. The highest BCUT2D eigenvalue weighted by molar-refractivity contribution is 5.94. The molecule has 0 bridgehead atoms. The summed E-state index contributed by atoms with van der Waals surface area (Å²) >= 11 is 0. The van der Waals surface area contributed by atoms with Crippen LogP contribution in [0.1, 0.15) is 37.4 Å². The van der Waals surface area contributed by atoms with E-state index < -0.39 is 6.09 Å². The fraction of sp³-hybridized carbons (Fsp3) is 0.375. The third kappa shape index (κ3) is 4.45. The molecule has 8 nitrogen and oxygen atoms in total. The highest BCUT2D eigenvalue weighted by Gasteiger charge is 2.33. The van der Waals surface area contributed by atoms with E-state index in [1.807, 2.05) is 54.3 Å². The monoisotopic (exact) mass is 436 g/mol. The molecule has 1 saturated heterocycles. The number of anilines is 1. The Morgan fingerprint density at radius 2 is 1.88 bits per heavy atom. The van der Waals surface area contributed by atoms with Crippen molar-refractivity contribution in [3.63, 3.8) is 0 Å². The van der Waals surface area contributed by atoms with E-state index in [1.54, 1.807) is 4.90 Å². The van der Waals surface area contributed by atoms with Crippen molar-refractivity contribution < 1.29 is 19.5 Å². The lowest BCUT2D eigenvalue weighted by Gasteiger charge is -2.39. The molecule has 2 aliphatic heterocycles. The molecule has 0 spiro atoms. The van der Waals surface area contributed by atoms with Gasteiger partial charge in [-0.3, -0.25) is 9.59 Å². The van der Waals surface area contributed by atoms with Crippen LogP contribution in [0.4, 0.5) is 10.5 Å². The number of hydrogen-bond acceptors (Lipinski definition) is 4. The van der Waals surface area contributed by atoms with Crippen molar-refractivity contribution in [1.29, 1.82) is 0 Å². The molecule has 8 heteroatoms. The number of nitrogens with zero attached hydrogens (tertiary/aromatic N) is 2. The van der Waals surface area contributed by atoms with Gasteiger partial charge in [-0.15, -0.1) is 0 Å². The Bertz CT molecular complexity index is 1040. The van der Waals surface area contributed by atoms with E-state index in [0.29, 0.717) is 26.1 Å². The Hall–Kier alpha value is -3.39. The lowest BCUT2D eigenvalue weighted by molar-refractivity contribution is -0.132. The van der Waals surface area contributed by atoms with Gasteiger partial charge in [-0.2, -0.15) is 0 Å². The Balaban J connectivity index is 1.61. The first-order valence-electron chi connectivity index (χ1n) is 10.8. The second-order valence-corrected chi connectivity index (χ2v) is 8.44. The molecule has 2 aromatic rings. The van der Waals surface area contributed by atoms with Gasteiger partial charge in [0.1, 0.15) is 0 Å². The highest BCUT2D eigenvalue weighted by atomic mass is 16.4. The Morgan fingerprint density at radius 1 is 1.16 bits per heavy atom. The molecule has 0 radical (unpaired) electrons. The smallest absolute Gasteiger partial charge is 0.405 e. The van der Waals surface area contributed by atoms with Crippen molar-refractivity contribution in [1.82, 2.24) is 15.5 Å². The van der Waals surface area contributed by atoms with Gasteiger partial charge < -0.3 is 25.5 Å². The van der Waals surface area contributed by atoms with Gasteiger partial charge in [0.15, 0.2) is 0 Å². The molecule has 3 amide bonds. The summed E-state index contributed by atoms with van der Waals surface area (Å²) in [7, 11) is 0. The van der Waals surface area contributed by atoms with E-state index in [9.17, 15) is 19.5 Å². The van der Waals surface area contributed by atoms with Gasteiger partial charge >= 0.3 is 6.09 Å². The van der Waals surface area contributed by atoms with Crippen molar-refractivity contribution in [3.05, 3.63) is 53.6 Å². The lowest BCUT2D eigenvalue weighted by Crippen LogP contribution is -2.47. The van der Waals surface area contributed by atoms with E-state index in [-0.39, 0.29) is 23.9 Å². The van der Waals surface area contributed by atoms with Gasteiger partial charge in [0.25, 0.3) is 0 Å². The number of carbonyl (C=O) groups excluding carboxylic acids is 2. The van der Waals surface area contributed by atoms with Crippen molar-refractivity contribution in [2.75, 3.05) is 24.5 Å². The average molecular weight is 437 g/mol. The van der Waals surface area contributed by atoms with Crippen LogP contribution in [-0.4, -0.2) is 53.6 Å². The molecule has 3 N–H and O–H groups in total. The first-order chi connectivity index (χ1) is 15.3. The predicted octanol–water partition coefficient (Wildman–Crippen LogP) is 2.74. The maximum Gasteiger partial charge on any atom is 0.405 e. The first kappa shape index (κ1) is 21.8. The van der Waals surface area contributed by atoms with Gasteiger partial charge in [-0.05, 0) is 47.7 Å². The second-order valence-electron chi connectivity index (χ2n) is 8.44. The minimum absolute atomic E-state index is 0.0629. The molecule has 0 saturated carbocycles. The topological polar surface area (TPSA) is 102 Å². The Labute approximate surface area is 187 Å². The van der Waals surface area contributed by atoms with E-state index in [0.717, 1.165) is 34.5 Å². The molecule has 168 valence electrons. The van der Waals surface area contributed by atoms with Crippen LogP contribution in [0.2, 0.25) is 0 Å². The third-order valence-corrected chi connectivity index (χ3v) is 6.17. The Kier molecular flexibility index (Phi) is 6.14. The fourth-order valence-electron chi connectivity index (χ4n) is 4.65. The summed E-state index contributed by atoms with van der Waals surface area (Å²) in [5, 5.41) is 15.0. The average Bonchev–Trinajstić information content (AvgIpc) is 2.75. The number of carbonyl (C=O) groups is 3. The van der Waals surface area contributed by atoms with Crippen LogP contribution in [0, 0.1) is 0 Å². The van der Waals surface area contributed by atoms with Crippen LogP contribution >= 0.6 is 0 Å². The summed E-state index contributed by atoms with van der Waals surface area (Å²) in [6.07, 6.45) is -0.568. The fourth-order valence-corrected chi connectivity index (χ4v) is 4.65. The number of hydrogen-bond donors (Lipinski definition) is 3. The Morgan fingerprint density at radius 3 is 2.53 bits per heavy atom. The number of benzene rings is 2. The summed E-state index contributed by atoms with van der Waals surface area (Å²) in [6, 6.07) is 13.4. The summed E-state index contributed by atoms with van der Waals surface area (Å²) < 4.78 is 0. The van der Waals surface area contributed by atoms with Crippen LogP contribution in [0.15, 0.2) is 42.5 Å². The van der Waals surface area contributed by atoms with Gasteiger partial charge in [0.05, 0.1) is 12.6 Å². The molecule has 0 aliphatic carbocycles. The molecule has 4 rings (SSSR count). The largest absolute Gasteiger partial charge is 0.465 e. The van der Waals surface area contributed by atoms with E-state index in [4.69, 9.17) is 0 Å². The lowest BCUT2D eigenvalue weighted by atomic mass is 9.89. The SMILES string of the molecule is CC(=O)N1c2ccc(-c3ccc(CN4CCNCC4=O)cc3)cc2[C@H](NC(=O)O)C[C@@H]1C. The van der Waals surface area contributed by atoms with Crippen LogP contribution in [-0.2, 0) is 16.1 Å². The van der Waals surface area contributed by atoms with Crippen LogP contribution in [0.5, 0.6) is 0 Å². The molecular formula is C24H28N4O4. The van der Waals surface area contributed by atoms with E-state index in [2.05, 4.69) is 10.6 Å². The third-order valence-electron chi connectivity index (χ3n) is 6.17. The standard InChI is InChI=1S/C24H28N4O4/c1-15-11-21(26-24(31)32)20-12-19(7-8-22(20)28(15)16(2)29)18-5-3-17(4-6-18)14-27-10-9-25-13-23(27)30/h3-8,12,15,21,25-26H,9-11,13-14H2,1-2H3,(H,31,32)/t15-,21+/m0/s1. The molecule has 2 aliphatic rings. The summed E-state index contributed by atoms with van der Waals surface area (Å²) in [4.78, 5) is 39.2. The van der Waals surface area contributed by atoms with Crippen molar-refractivity contribution in [2.45, 2.75) is 38.9 Å². The van der Waals surface area contributed by atoms with Gasteiger partial charge in [0, 0.05) is 38.3 Å². The quantitative estimate of drug-likeness (QED) is 0.684. The molecule has 0 aromatic heterocycles. The molecule has 2 heterocycles. The number of carboxylic acid groups (broad SMARTS) is 1. The first-order valence-corrected chi connectivity index (χ1v) is 10.8. The highest BCUT2D eigenvalue weighted by Crippen LogP contribution is 2.39. The molecule has 2 atom stereocenters. The minimum Gasteiger partial charge on any atom is -0.465 e.